The fraction of sp³-hybridized carbons (Fsp3) is 0.500. The predicted molar refractivity (Wildman–Crippen MR) is 66.2 cm³/mol. The highest BCUT2D eigenvalue weighted by Gasteiger charge is 2.22. The lowest BCUT2D eigenvalue weighted by Crippen LogP contribution is -2.40. The van der Waals surface area contributed by atoms with Gasteiger partial charge in [-0.05, 0) is 6.92 Å². The Morgan fingerprint density at radius 2 is 2.00 bits per heavy atom. The average molecular weight is 246 g/mol. The third kappa shape index (κ3) is 1.88. The molecule has 0 radical (unpaired) electrons. The smallest absolute Gasteiger partial charge is 0.293 e. The zero-order valence-electron chi connectivity index (χ0n) is 10.4. The maximum atomic E-state index is 5.37. The molecule has 94 valence electrons. The van der Waals surface area contributed by atoms with Gasteiger partial charge < -0.3 is 9.64 Å². The molecule has 0 spiro atoms. The fourth-order valence-corrected chi connectivity index (χ4v) is 2.18. The van der Waals surface area contributed by atoms with E-state index >= 15 is 0 Å². The van der Waals surface area contributed by atoms with Gasteiger partial charge in [-0.2, -0.15) is 0 Å². The maximum absolute atomic E-state index is 5.37. The molecule has 6 nitrogen and oxygen atoms in total. The highest BCUT2D eigenvalue weighted by Crippen LogP contribution is 2.19. The Balaban J connectivity index is 2.12. The van der Waals surface area contributed by atoms with Gasteiger partial charge in [0.1, 0.15) is 6.20 Å². The SMILES string of the molecule is CC[n+]1cnc(N2CCOCC2)c2nccnc21. The highest BCUT2D eigenvalue weighted by atomic mass is 16.5. The van der Waals surface area contributed by atoms with Gasteiger partial charge in [-0.15, -0.1) is 4.98 Å². The Morgan fingerprint density at radius 3 is 2.78 bits per heavy atom. The van der Waals surface area contributed by atoms with E-state index < -0.39 is 0 Å². The van der Waals surface area contributed by atoms with E-state index in [1.807, 2.05) is 10.9 Å². The number of morpholine rings is 1. The summed E-state index contributed by atoms with van der Waals surface area (Å²) in [6, 6.07) is 0. The summed E-state index contributed by atoms with van der Waals surface area (Å²) in [6.07, 6.45) is 5.27. The van der Waals surface area contributed by atoms with Crippen LogP contribution >= 0.6 is 0 Å². The molecular weight excluding hydrogens is 230 g/mol. The molecule has 0 amide bonds. The topological polar surface area (TPSA) is 55.0 Å². The van der Waals surface area contributed by atoms with Crippen molar-refractivity contribution in [3.05, 3.63) is 18.7 Å². The van der Waals surface area contributed by atoms with Crippen LogP contribution in [-0.4, -0.2) is 41.3 Å². The molecule has 2 aromatic heterocycles. The zero-order valence-corrected chi connectivity index (χ0v) is 10.4. The van der Waals surface area contributed by atoms with Crippen molar-refractivity contribution in [1.82, 2.24) is 15.0 Å². The van der Waals surface area contributed by atoms with Gasteiger partial charge in [0.25, 0.3) is 5.65 Å². The van der Waals surface area contributed by atoms with Crippen molar-refractivity contribution in [1.29, 1.82) is 0 Å². The van der Waals surface area contributed by atoms with Gasteiger partial charge in [0.05, 0.1) is 26.0 Å². The van der Waals surface area contributed by atoms with Gasteiger partial charge >= 0.3 is 0 Å². The quantitative estimate of drug-likeness (QED) is 0.707. The molecule has 0 aliphatic carbocycles. The summed E-state index contributed by atoms with van der Waals surface area (Å²) in [4.78, 5) is 15.6. The molecule has 0 N–H and O–H groups in total. The molecule has 0 bridgehead atoms. The first-order chi connectivity index (χ1) is 8.90. The minimum Gasteiger partial charge on any atom is -0.378 e. The number of ether oxygens (including phenoxy) is 1. The highest BCUT2D eigenvalue weighted by molar-refractivity contribution is 5.80. The first-order valence-corrected chi connectivity index (χ1v) is 6.22. The lowest BCUT2D eigenvalue weighted by atomic mass is 10.3. The molecule has 0 atom stereocenters. The molecular formula is C12H16N5O+. The molecule has 1 aliphatic heterocycles. The van der Waals surface area contributed by atoms with Crippen LogP contribution in [0.3, 0.4) is 0 Å². The molecule has 0 aromatic carbocycles. The summed E-state index contributed by atoms with van der Waals surface area (Å²) in [6.45, 7) is 6.11. The Bertz CT molecular complexity index is 553. The van der Waals surface area contributed by atoms with Crippen LogP contribution in [0, 0.1) is 0 Å². The summed E-state index contributed by atoms with van der Waals surface area (Å²) in [7, 11) is 0. The van der Waals surface area contributed by atoms with Crippen LogP contribution in [0.25, 0.3) is 11.2 Å². The zero-order chi connectivity index (χ0) is 12.4. The normalized spacial score (nSPS) is 16.2. The fourth-order valence-electron chi connectivity index (χ4n) is 2.18. The van der Waals surface area contributed by atoms with Crippen LogP contribution in [0.15, 0.2) is 18.7 Å². The largest absolute Gasteiger partial charge is 0.378 e. The van der Waals surface area contributed by atoms with Crippen LogP contribution in [0.1, 0.15) is 6.92 Å². The van der Waals surface area contributed by atoms with Gasteiger partial charge in [-0.3, -0.25) is 0 Å². The predicted octanol–water partition coefficient (Wildman–Crippen LogP) is 0.169. The minimum atomic E-state index is 0.742. The Labute approximate surface area is 105 Å². The van der Waals surface area contributed by atoms with Crippen molar-refractivity contribution in [2.24, 2.45) is 0 Å². The third-order valence-corrected chi connectivity index (χ3v) is 3.13. The Morgan fingerprint density at radius 1 is 1.22 bits per heavy atom. The van der Waals surface area contributed by atoms with E-state index in [2.05, 4.69) is 26.8 Å². The number of fused-ring (bicyclic) bond motifs is 1. The van der Waals surface area contributed by atoms with Gasteiger partial charge in [0.15, 0.2) is 5.52 Å². The first kappa shape index (κ1) is 11.3. The third-order valence-electron chi connectivity index (χ3n) is 3.13. The molecule has 0 saturated carbocycles. The minimum absolute atomic E-state index is 0.742. The van der Waals surface area contributed by atoms with Crippen molar-refractivity contribution in [3.8, 4) is 0 Å². The first-order valence-electron chi connectivity index (χ1n) is 6.22. The second kappa shape index (κ2) is 4.81. The Kier molecular flexibility index (Phi) is 3.02. The molecule has 18 heavy (non-hydrogen) atoms. The summed E-state index contributed by atoms with van der Waals surface area (Å²) in [5, 5.41) is 0. The number of aryl methyl sites for hydroxylation is 1. The summed E-state index contributed by atoms with van der Waals surface area (Å²) >= 11 is 0. The molecule has 1 saturated heterocycles. The van der Waals surface area contributed by atoms with E-state index in [4.69, 9.17) is 4.74 Å². The Hall–Kier alpha value is -1.82. The van der Waals surface area contributed by atoms with Crippen molar-refractivity contribution in [3.63, 3.8) is 0 Å². The van der Waals surface area contributed by atoms with Crippen LogP contribution in [-0.2, 0) is 11.3 Å². The molecule has 1 aliphatic rings. The van der Waals surface area contributed by atoms with Gasteiger partial charge in [-0.1, -0.05) is 4.98 Å². The van der Waals surface area contributed by atoms with E-state index in [0.29, 0.717) is 0 Å². The second-order valence-corrected chi connectivity index (χ2v) is 4.18. The van der Waals surface area contributed by atoms with Crippen LogP contribution in [0.5, 0.6) is 0 Å². The molecule has 0 unspecified atom stereocenters. The van der Waals surface area contributed by atoms with Crippen molar-refractivity contribution in [2.75, 3.05) is 31.2 Å². The monoisotopic (exact) mass is 246 g/mol. The number of anilines is 1. The summed E-state index contributed by atoms with van der Waals surface area (Å²) < 4.78 is 7.37. The van der Waals surface area contributed by atoms with Crippen LogP contribution in [0.2, 0.25) is 0 Å². The van der Waals surface area contributed by atoms with E-state index in [0.717, 1.165) is 49.8 Å². The molecule has 1 fully saturated rings. The molecule has 6 heteroatoms. The van der Waals surface area contributed by atoms with E-state index in [1.54, 1.807) is 12.4 Å². The molecule has 2 aromatic rings. The number of hydrogen-bond acceptors (Lipinski definition) is 5. The van der Waals surface area contributed by atoms with Crippen LogP contribution in [0.4, 0.5) is 5.82 Å². The number of aromatic nitrogens is 4. The number of rotatable bonds is 2. The van der Waals surface area contributed by atoms with Crippen molar-refractivity contribution >= 4 is 17.0 Å². The van der Waals surface area contributed by atoms with Crippen molar-refractivity contribution < 1.29 is 9.30 Å². The summed E-state index contributed by atoms with van der Waals surface area (Å²) in [5.74, 6) is 0.908. The lowest BCUT2D eigenvalue weighted by Gasteiger charge is -2.26. The number of hydrogen-bond donors (Lipinski definition) is 0. The standard InChI is InChI=1S/C12H16N5O/c1-2-16-9-15-12(17-5-7-18-8-6-17)10-11(16)14-4-3-13-10/h3-4,9H,2,5-8H2,1H3/q+1. The van der Waals surface area contributed by atoms with Crippen LogP contribution < -0.4 is 9.47 Å². The van der Waals surface area contributed by atoms with Gasteiger partial charge in [-0.25, -0.2) is 9.55 Å². The molecule has 3 rings (SSSR count). The average Bonchev–Trinajstić information content (AvgIpc) is 2.47. The lowest BCUT2D eigenvalue weighted by molar-refractivity contribution is -0.672. The van der Waals surface area contributed by atoms with E-state index in [-0.39, 0.29) is 0 Å². The van der Waals surface area contributed by atoms with Crippen molar-refractivity contribution in [2.45, 2.75) is 13.5 Å². The molecule has 3 heterocycles. The second-order valence-electron chi connectivity index (χ2n) is 4.18. The van der Waals surface area contributed by atoms with E-state index in [9.17, 15) is 0 Å². The maximum Gasteiger partial charge on any atom is 0.293 e. The number of nitrogens with zero attached hydrogens (tertiary/aromatic N) is 5. The van der Waals surface area contributed by atoms with Gasteiger partial charge in [0, 0.05) is 13.1 Å². The summed E-state index contributed by atoms with van der Waals surface area (Å²) in [5.41, 5.74) is 1.75. The van der Waals surface area contributed by atoms with Gasteiger partial charge in [0.2, 0.25) is 12.1 Å². The van der Waals surface area contributed by atoms with E-state index in [1.165, 1.54) is 0 Å².